The van der Waals surface area contributed by atoms with Crippen LogP contribution in [0.2, 0.25) is 0 Å². The number of carboxylic acids is 1. The van der Waals surface area contributed by atoms with Crippen LogP contribution >= 0.6 is 0 Å². The van der Waals surface area contributed by atoms with Gasteiger partial charge in [0.05, 0.1) is 0 Å². The van der Waals surface area contributed by atoms with E-state index in [0.717, 1.165) is 18.7 Å². The maximum atomic E-state index is 11.4. The lowest BCUT2D eigenvalue weighted by Crippen LogP contribution is -2.54. The normalized spacial score (nSPS) is 21.2. The van der Waals surface area contributed by atoms with Crippen molar-refractivity contribution in [1.29, 1.82) is 0 Å². The molecule has 0 aliphatic carbocycles. The van der Waals surface area contributed by atoms with E-state index < -0.39 is 5.97 Å². The van der Waals surface area contributed by atoms with Gasteiger partial charge < -0.3 is 15.3 Å². The highest BCUT2D eigenvalue weighted by atomic mass is 16.4. The monoisotopic (exact) mass is 312 g/mol. The number of benzene rings is 1. The van der Waals surface area contributed by atoms with Crippen LogP contribution in [0.4, 0.5) is 5.82 Å². The quantitative estimate of drug-likeness (QED) is 0.903. The van der Waals surface area contributed by atoms with Gasteiger partial charge in [-0.25, -0.2) is 14.8 Å². The van der Waals surface area contributed by atoms with Crippen molar-refractivity contribution in [2.45, 2.75) is 25.9 Å². The fourth-order valence-corrected chi connectivity index (χ4v) is 2.94. The number of hydrogen-bond acceptors (Lipinski definition) is 5. The van der Waals surface area contributed by atoms with Crippen LogP contribution in [0.3, 0.4) is 0 Å². The number of rotatable bonds is 3. The molecule has 2 heterocycles. The molecule has 1 aliphatic rings. The van der Waals surface area contributed by atoms with Gasteiger partial charge in [-0.05, 0) is 13.8 Å². The summed E-state index contributed by atoms with van der Waals surface area (Å²) in [4.78, 5) is 22.3. The fourth-order valence-electron chi connectivity index (χ4n) is 2.94. The molecule has 0 bridgehead atoms. The number of anilines is 1. The van der Waals surface area contributed by atoms with Crippen LogP contribution in [0, 0.1) is 0 Å². The third-order valence-electron chi connectivity index (χ3n) is 3.85. The minimum atomic E-state index is -1.04. The number of carboxylic acid groups (broad SMARTS) is 1. The maximum Gasteiger partial charge on any atom is 0.354 e. The average Bonchev–Trinajstić information content (AvgIpc) is 2.54. The van der Waals surface area contributed by atoms with Crippen LogP contribution in [0.15, 0.2) is 36.4 Å². The van der Waals surface area contributed by atoms with Crippen LogP contribution in [0.1, 0.15) is 24.3 Å². The van der Waals surface area contributed by atoms with Crippen LogP contribution < -0.4 is 10.2 Å². The summed E-state index contributed by atoms with van der Waals surface area (Å²) in [6, 6.07) is 11.7. The average molecular weight is 312 g/mol. The Morgan fingerprint density at radius 2 is 1.83 bits per heavy atom. The summed E-state index contributed by atoms with van der Waals surface area (Å²) in [6.07, 6.45) is 0. The first-order chi connectivity index (χ1) is 11.0. The predicted molar refractivity (Wildman–Crippen MR) is 88.7 cm³/mol. The standard InChI is InChI=1S/C17H20N4O2/c1-11-9-21(10-12(2)18-11)15-8-14(17(22)23)19-16(20-15)13-6-4-3-5-7-13/h3-8,11-12,18H,9-10H2,1-2H3,(H,22,23)/t11-,12+. The van der Waals surface area contributed by atoms with Crippen molar-refractivity contribution in [3.05, 3.63) is 42.1 Å². The Balaban J connectivity index is 2.03. The smallest absolute Gasteiger partial charge is 0.354 e. The molecule has 2 N–H and O–H groups in total. The molecule has 0 saturated carbocycles. The largest absolute Gasteiger partial charge is 0.477 e. The maximum absolute atomic E-state index is 11.4. The van der Waals surface area contributed by atoms with Gasteiger partial charge in [-0.3, -0.25) is 0 Å². The molecule has 6 heteroatoms. The second kappa shape index (κ2) is 6.34. The SMILES string of the molecule is C[C@@H]1CN(c2cc(C(=O)O)nc(-c3ccccc3)n2)C[C@H](C)N1. The van der Waals surface area contributed by atoms with Crippen LogP contribution in [0.5, 0.6) is 0 Å². The number of hydrogen-bond donors (Lipinski definition) is 2. The highest BCUT2D eigenvalue weighted by Gasteiger charge is 2.23. The van der Waals surface area contributed by atoms with Gasteiger partial charge in [-0.15, -0.1) is 0 Å². The third kappa shape index (κ3) is 3.48. The summed E-state index contributed by atoms with van der Waals surface area (Å²) >= 11 is 0. The van der Waals surface area contributed by atoms with Gasteiger partial charge >= 0.3 is 5.97 Å². The lowest BCUT2D eigenvalue weighted by atomic mass is 10.1. The Labute approximate surface area is 135 Å². The van der Waals surface area contributed by atoms with E-state index in [9.17, 15) is 9.90 Å². The summed E-state index contributed by atoms with van der Waals surface area (Å²) in [7, 11) is 0. The van der Waals surface area contributed by atoms with Crippen molar-refractivity contribution in [2.24, 2.45) is 0 Å². The van der Waals surface area contributed by atoms with Crippen molar-refractivity contribution in [3.63, 3.8) is 0 Å². The minimum Gasteiger partial charge on any atom is -0.477 e. The van der Waals surface area contributed by atoms with E-state index in [4.69, 9.17) is 0 Å². The topological polar surface area (TPSA) is 78.4 Å². The van der Waals surface area contributed by atoms with Gasteiger partial charge in [0.25, 0.3) is 0 Å². The predicted octanol–water partition coefficient (Wildman–Crippen LogP) is 2.03. The molecule has 23 heavy (non-hydrogen) atoms. The summed E-state index contributed by atoms with van der Waals surface area (Å²) in [5, 5.41) is 12.8. The molecule has 1 saturated heterocycles. The molecule has 0 spiro atoms. The summed E-state index contributed by atoms with van der Waals surface area (Å²) in [5.41, 5.74) is 0.834. The van der Waals surface area contributed by atoms with E-state index in [-0.39, 0.29) is 5.69 Å². The zero-order valence-electron chi connectivity index (χ0n) is 13.2. The Morgan fingerprint density at radius 1 is 1.17 bits per heavy atom. The Morgan fingerprint density at radius 3 is 2.43 bits per heavy atom. The molecule has 3 rings (SSSR count). The zero-order valence-corrected chi connectivity index (χ0v) is 13.2. The highest BCUT2D eigenvalue weighted by Crippen LogP contribution is 2.22. The van der Waals surface area contributed by atoms with Gasteiger partial charge in [0, 0.05) is 36.8 Å². The van der Waals surface area contributed by atoms with Crippen molar-refractivity contribution >= 4 is 11.8 Å². The molecule has 6 nitrogen and oxygen atoms in total. The van der Waals surface area contributed by atoms with Gasteiger partial charge in [0.15, 0.2) is 11.5 Å². The molecule has 0 radical (unpaired) electrons. The number of nitrogens with one attached hydrogen (secondary N) is 1. The Bertz CT molecular complexity index is 695. The van der Waals surface area contributed by atoms with Gasteiger partial charge in [-0.1, -0.05) is 30.3 Å². The van der Waals surface area contributed by atoms with E-state index in [1.54, 1.807) is 6.07 Å². The second-order valence-corrected chi connectivity index (χ2v) is 5.98. The Kier molecular flexibility index (Phi) is 4.25. The van der Waals surface area contributed by atoms with E-state index in [1.807, 2.05) is 30.3 Å². The van der Waals surface area contributed by atoms with E-state index >= 15 is 0 Å². The van der Waals surface area contributed by atoms with Crippen molar-refractivity contribution < 1.29 is 9.90 Å². The number of aromatic nitrogens is 2. The minimum absolute atomic E-state index is 0.0210. The number of piperazine rings is 1. The first-order valence-corrected chi connectivity index (χ1v) is 7.71. The molecular weight excluding hydrogens is 292 g/mol. The van der Waals surface area contributed by atoms with Gasteiger partial charge in [0.1, 0.15) is 5.82 Å². The fraction of sp³-hybridized carbons (Fsp3) is 0.353. The molecule has 1 aromatic carbocycles. The molecular formula is C17H20N4O2. The third-order valence-corrected chi connectivity index (χ3v) is 3.85. The summed E-state index contributed by atoms with van der Waals surface area (Å²) in [6.45, 7) is 5.80. The number of carbonyl (C=O) groups is 1. The van der Waals surface area contributed by atoms with E-state index in [2.05, 4.69) is 34.0 Å². The van der Waals surface area contributed by atoms with Crippen molar-refractivity contribution in [1.82, 2.24) is 15.3 Å². The molecule has 2 aromatic rings. The first kappa shape index (κ1) is 15.4. The van der Waals surface area contributed by atoms with Crippen LogP contribution in [0.25, 0.3) is 11.4 Å². The number of aromatic carboxylic acids is 1. The van der Waals surface area contributed by atoms with Crippen molar-refractivity contribution in [3.8, 4) is 11.4 Å². The Hall–Kier alpha value is -2.47. The van der Waals surface area contributed by atoms with Gasteiger partial charge in [0.2, 0.25) is 0 Å². The van der Waals surface area contributed by atoms with Gasteiger partial charge in [-0.2, -0.15) is 0 Å². The molecule has 120 valence electrons. The molecule has 1 aromatic heterocycles. The zero-order chi connectivity index (χ0) is 16.4. The first-order valence-electron chi connectivity index (χ1n) is 7.71. The van der Waals surface area contributed by atoms with Crippen LogP contribution in [-0.2, 0) is 0 Å². The molecule has 1 fully saturated rings. The molecule has 0 amide bonds. The molecule has 1 aliphatic heterocycles. The lowest BCUT2D eigenvalue weighted by molar-refractivity contribution is 0.0690. The molecule has 0 unspecified atom stereocenters. The van der Waals surface area contributed by atoms with Crippen molar-refractivity contribution in [2.75, 3.05) is 18.0 Å². The second-order valence-electron chi connectivity index (χ2n) is 5.98. The summed E-state index contributed by atoms with van der Waals surface area (Å²) < 4.78 is 0. The lowest BCUT2D eigenvalue weighted by Gasteiger charge is -2.37. The highest BCUT2D eigenvalue weighted by molar-refractivity contribution is 5.87. The molecule has 2 atom stereocenters. The van der Waals surface area contributed by atoms with Crippen LogP contribution in [-0.4, -0.2) is 46.2 Å². The van der Waals surface area contributed by atoms with E-state index in [1.165, 1.54) is 0 Å². The summed E-state index contributed by atoms with van der Waals surface area (Å²) in [5.74, 6) is 0.0675. The van der Waals surface area contributed by atoms with E-state index in [0.29, 0.717) is 23.7 Å². The number of nitrogens with zero attached hydrogens (tertiary/aromatic N) is 3.